The summed E-state index contributed by atoms with van der Waals surface area (Å²) in [6, 6.07) is 75.6. The molecule has 0 unspecified atom stereocenters. The molecule has 0 amide bonds. The van der Waals surface area contributed by atoms with Crippen LogP contribution in [0.25, 0.3) is 132 Å². The molecule has 4 heterocycles. The number of halogens is 6. The van der Waals surface area contributed by atoms with E-state index in [0.717, 1.165) is 111 Å². The van der Waals surface area contributed by atoms with Gasteiger partial charge < -0.3 is 18.3 Å². The number of benzene rings is 11. The molecule has 0 fully saturated rings. The fourth-order valence-corrected chi connectivity index (χ4v) is 12.4. The van der Waals surface area contributed by atoms with Crippen molar-refractivity contribution in [1.29, 1.82) is 5.26 Å². The van der Waals surface area contributed by atoms with Crippen molar-refractivity contribution in [2.45, 2.75) is 12.4 Å². The second-order valence-electron chi connectivity index (χ2n) is 20.2. The minimum atomic E-state index is -5.12. The van der Waals surface area contributed by atoms with Crippen LogP contribution in [0.3, 0.4) is 0 Å². The highest BCUT2D eigenvalue weighted by Gasteiger charge is 2.37. The standard InChI is InChI=1S/C69H39F6N5/c70-68(71,72)43-32-42(33-44(34-43)69(73,74)75)48-29-28-47(79-61-25-13-9-21-51(61)57-36-55-49-19-7-11-23-59(49)77(64(55)38-66(57)79)45-15-3-1-4-16-45)35-53(48)54-31-41(40-76)27-30-63(54)80-62-26-14-10-22-52(62)58-37-56-50-20-8-12-24-60(50)78(65(56)39-67(58)80)46-17-5-2-6-18-46/h1-39H. The van der Waals surface area contributed by atoms with Crippen molar-refractivity contribution in [3.8, 4) is 51.1 Å². The van der Waals surface area contributed by atoms with E-state index in [9.17, 15) is 31.6 Å². The van der Waals surface area contributed by atoms with Crippen molar-refractivity contribution in [3.05, 3.63) is 253 Å². The van der Waals surface area contributed by atoms with Gasteiger partial charge in [0.25, 0.3) is 0 Å². The summed E-state index contributed by atoms with van der Waals surface area (Å²) in [5, 5.41) is 18.6. The van der Waals surface area contributed by atoms with E-state index in [1.165, 1.54) is 0 Å². The summed E-state index contributed by atoms with van der Waals surface area (Å²) in [4.78, 5) is 0. The number of hydrogen-bond acceptors (Lipinski definition) is 1. The third-order valence-electron chi connectivity index (χ3n) is 15.8. The van der Waals surface area contributed by atoms with Crippen LogP contribution in [0.5, 0.6) is 0 Å². The van der Waals surface area contributed by atoms with Gasteiger partial charge in [0.2, 0.25) is 0 Å². The first-order chi connectivity index (χ1) is 38.9. The molecule has 80 heavy (non-hydrogen) atoms. The molecule has 0 radical (unpaired) electrons. The van der Waals surface area contributed by atoms with Crippen molar-refractivity contribution in [1.82, 2.24) is 18.3 Å². The second-order valence-corrected chi connectivity index (χ2v) is 20.2. The van der Waals surface area contributed by atoms with Crippen LogP contribution in [0, 0.1) is 11.3 Å². The van der Waals surface area contributed by atoms with Crippen LogP contribution in [-0.2, 0) is 12.4 Å². The van der Waals surface area contributed by atoms with Crippen LogP contribution in [0.4, 0.5) is 26.3 Å². The second kappa shape index (κ2) is 17.3. The van der Waals surface area contributed by atoms with Gasteiger partial charge >= 0.3 is 12.4 Å². The van der Waals surface area contributed by atoms with Crippen molar-refractivity contribution in [3.63, 3.8) is 0 Å². The van der Waals surface area contributed by atoms with Crippen molar-refractivity contribution in [2.24, 2.45) is 0 Å². The molecule has 0 saturated carbocycles. The molecule has 11 aromatic carbocycles. The van der Waals surface area contributed by atoms with Crippen LogP contribution in [-0.4, -0.2) is 18.3 Å². The Hall–Kier alpha value is -10.3. The molecule has 15 aromatic rings. The SMILES string of the molecule is N#Cc1ccc(-n2c3ccccc3c3cc4c5ccccc5n(-c5ccccc5)c4cc32)c(-c2cc(-n3c4ccccc4c4cc5c6ccccc6n(-c6ccccc6)c5cc43)ccc2-c2cc(C(F)(F)F)cc(C(F)(F)F)c2)c1. The zero-order valence-corrected chi connectivity index (χ0v) is 42.0. The number of fused-ring (bicyclic) bond motifs is 12. The highest BCUT2D eigenvalue weighted by atomic mass is 19.4. The fraction of sp³-hybridized carbons (Fsp3) is 0.0290. The maximum atomic E-state index is 14.9. The van der Waals surface area contributed by atoms with Gasteiger partial charge in [0.15, 0.2) is 0 Å². The van der Waals surface area contributed by atoms with E-state index in [1.54, 1.807) is 24.3 Å². The molecule has 0 spiro atoms. The van der Waals surface area contributed by atoms with Crippen molar-refractivity contribution < 1.29 is 26.3 Å². The summed E-state index contributed by atoms with van der Waals surface area (Å²) in [5.41, 5.74) is 8.03. The van der Waals surface area contributed by atoms with Crippen LogP contribution >= 0.6 is 0 Å². The van der Waals surface area contributed by atoms with Crippen molar-refractivity contribution in [2.75, 3.05) is 0 Å². The van der Waals surface area contributed by atoms with E-state index in [4.69, 9.17) is 0 Å². The molecule has 382 valence electrons. The Morgan fingerprint density at radius 1 is 0.287 bits per heavy atom. The maximum Gasteiger partial charge on any atom is 0.416 e. The molecule has 0 atom stereocenters. The molecule has 4 aromatic heterocycles. The molecular weight excluding hydrogens is 1010 g/mol. The number of para-hydroxylation sites is 6. The smallest absolute Gasteiger partial charge is 0.309 e. The zero-order chi connectivity index (χ0) is 54.2. The molecule has 0 bridgehead atoms. The number of alkyl halides is 6. The van der Waals surface area contributed by atoms with Gasteiger partial charge in [0.1, 0.15) is 0 Å². The number of nitrogens with zero attached hydrogens (tertiary/aromatic N) is 5. The lowest BCUT2D eigenvalue weighted by Gasteiger charge is -2.21. The number of rotatable bonds is 6. The largest absolute Gasteiger partial charge is 0.416 e. The van der Waals surface area contributed by atoms with Crippen LogP contribution < -0.4 is 0 Å². The Morgan fingerprint density at radius 3 is 1.12 bits per heavy atom. The minimum absolute atomic E-state index is 0.0985. The molecule has 15 rings (SSSR count). The van der Waals surface area contributed by atoms with E-state index < -0.39 is 23.5 Å². The van der Waals surface area contributed by atoms with Crippen LogP contribution in [0.15, 0.2) is 237 Å². The average molecular weight is 1050 g/mol. The van der Waals surface area contributed by atoms with Gasteiger partial charge in [-0.05, 0) is 138 Å². The highest BCUT2D eigenvalue weighted by Crippen LogP contribution is 2.47. The van der Waals surface area contributed by atoms with Gasteiger partial charge in [-0.2, -0.15) is 31.6 Å². The third-order valence-corrected chi connectivity index (χ3v) is 15.8. The lowest BCUT2D eigenvalue weighted by atomic mass is 9.90. The average Bonchev–Trinajstić information content (AvgIpc) is 4.28. The monoisotopic (exact) mass is 1050 g/mol. The first-order valence-electron chi connectivity index (χ1n) is 25.9. The predicted molar refractivity (Wildman–Crippen MR) is 309 cm³/mol. The zero-order valence-electron chi connectivity index (χ0n) is 42.0. The maximum absolute atomic E-state index is 14.9. The minimum Gasteiger partial charge on any atom is -0.309 e. The molecule has 5 nitrogen and oxygen atoms in total. The summed E-state index contributed by atoms with van der Waals surface area (Å²) in [5.74, 6) is 0. The Kier molecular flexibility index (Phi) is 10.2. The fourth-order valence-electron chi connectivity index (χ4n) is 12.4. The van der Waals surface area contributed by atoms with Crippen molar-refractivity contribution >= 4 is 87.2 Å². The number of hydrogen-bond donors (Lipinski definition) is 0. The van der Waals surface area contributed by atoms with Crippen LogP contribution in [0.1, 0.15) is 16.7 Å². The van der Waals surface area contributed by atoms with E-state index in [-0.39, 0.29) is 22.8 Å². The summed E-state index contributed by atoms with van der Waals surface area (Å²) >= 11 is 0. The van der Waals surface area contributed by atoms with E-state index in [2.05, 4.69) is 103 Å². The molecule has 0 N–H and O–H groups in total. The molecule has 0 saturated heterocycles. The van der Waals surface area contributed by atoms with Gasteiger partial charge in [0, 0.05) is 65.7 Å². The molecular formula is C69H39F6N5. The van der Waals surface area contributed by atoms with E-state index in [1.807, 2.05) is 115 Å². The van der Waals surface area contributed by atoms with Crippen LogP contribution in [0.2, 0.25) is 0 Å². The third kappa shape index (κ3) is 7.12. The molecule has 11 heteroatoms. The van der Waals surface area contributed by atoms with Gasteiger partial charge in [-0.15, -0.1) is 0 Å². The Morgan fingerprint density at radius 2 is 0.688 bits per heavy atom. The molecule has 0 aliphatic rings. The lowest BCUT2D eigenvalue weighted by molar-refractivity contribution is -0.143. The van der Waals surface area contributed by atoms with Gasteiger partial charge in [-0.1, -0.05) is 115 Å². The van der Waals surface area contributed by atoms with Gasteiger partial charge in [-0.25, -0.2) is 0 Å². The number of nitriles is 1. The summed E-state index contributed by atoms with van der Waals surface area (Å²) in [6.07, 6.45) is -10.2. The first kappa shape index (κ1) is 46.9. The summed E-state index contributed by atoms with van der Waals surface area (Å²) in [6.45, 7) is 0. The first-order valence-corrected chi connectivity index (χ1v) is 25.9. The normalized spacial score (nSPS) is 12.4. The Balaban J connectivity index is 1.06. The van der Waals surface area contributed by atoms with E-state index >= 15 is 0 Å². The Bertz CT molecular complexity index is 5070. The summed E-state index contributed by atoms with van der Waals surface area (Å²) in [7, 11) is 0. The predicted octanol–water partition coefficient (Wildman–Crippen LogP) is 19.3. The Labute approximate surface area is 451 Å². The summed E-state index contributed by atoms with van der Waals surface area (Å²) < 4.78 is 98.0. The lowest BCUT2D eigenvalue weighted by Crippen LogP contribution is -2.11. The highest BCUT2D eigenvalue weighted by molar-refractivity contribution is 6.21. The number of aromatic nitrogens is 4. The molecule has 0 aliphatic carbocycles. The van der Waals surface area contributed by atoms with Gasteiger partial charge in [-0.3, -0.25) is 0 Å². The topological polar surface area (TPSA) is 43.5 Å². The quantitative estimate of drug-likeness (QED) is 0.153. The van der Waals surface area contributed by atoms with Gasteiger partial charge in [0.05, 0.1) is 72.6 Å². The molecule has 0 aliphatic heterocycles. The van der Waals surface area contributed by atoms with E-state index in [0.29, 0.717) is 22.5 Å².